The summed E-state index contributed by atoms with van der Waals surface area (Å²) in [6, 6.07) is 6.45. The van der Waals surface area contributed by atoms with Crippen LogP contribution in [-0.2, 0) is 16.1 Å². The fraction of sp³-hybridized carbons (Fsp3) is 0.333. The summed E-state index contributed by atoms with van der Waals surface area (Å²) in [6.07, 6.45) is -0.153. The van der Waals surface area contributed by atoms with E-state index >= 15 is 0 Å². The number of hydrogen-bond donors (Lipinski definition) is 2. The first-order valence-corrected chi connectivity index (χ1v) is 7.08. The van der Waals surface area contributed by atoms with Gasteiger partial charge in [-0.1, -0.05) is 12.1 Å². The lowest BCUT2D eigenvalue weighted by Gasteiger charge is -2.16. The lowest BCUT2D eigenvalue weighted by atomic mass is 10.2. The molecule has 0 aliphatic carbocycles. The molecule has 0 saturated heterocycles. The number of aromatic nitrogens is 2. The number of hydrogen-bond acceptors (Lipinski definition) is 4. The van der Waals surface area contributed by atoms with Crippen LogP contribution in [0.3, 0.4) is 0 Å². The van der Waals surface area contributed by atoms with Crippen molar-refractivity contribution in [1.82, 2.24) is 14.7 Å². The summed E-state index contributed by atoms with van der Waals surface area (Å²) in [5.41, 5.74) is -0.770. The van der Waals surface area contributed by atoms with Gasteiger partial charge in [0.25, 0.3) is 11.1 Å². The summed E-state index contributed by atoms with van der Waals surface area (Å²) < 4.78 is 1.10. The number of aryl methyl sites for hydroxylation is 1. The molecule has 1 aromatic heterocycles. The first-order valence-electron chi connectivity index (χ1n) is 7.08. The molecule has 0 fully saturated rings. The van der Waals surface area contributed by atoms with Crippen LogP contribution in [0.2, 0.25) is 0 Å². The number of fused-ring (bicyclic) bond motifs is 1. The van der Waals surface area contributed by atoms with E-state index in [0.717, 1.165) is 4.68 Å². The predicted molar refractivity (Wildman–Crippen MR) is 83.3 cm³/mol. The summed E-state index contributed by atoms with van der Waals surface area (Å²) in [4.78, 5) is 47.9. The lowest BCUT2D eigenvalue weighted by Crippen LogP contribution is -2.34. The fourth-order valence-electron chi connectivity index (χ4n) is 2.19. The highest BCUT2D eigenvalue weighted by atomic mass is 16.4. The predicted octanol–water partition coefficient (Wildman–Crippen LogP) is 0.0130. The average molecular weight is 319 g/mol. The van der Waals surface area contributed by atoms with E-state index in [4.69, 9.17) is 5.11 Å². The zero-order valence-electron chi connectivity index (χ0n) is 12.6. The zero-order chi connectivity index (χ0) is 17.0. The molecule has 0 saturated carbocycles. The second-order valence-corrected chi connectivity index (χ2v) is 5.15. The smallest absolute Gasteiger partial charge is 0.305 e. The molecular formula is C15H17N3O5. The van der Waals surface area contributed by atoms with E-state index in [2.05, 4.69) is 5.10 Å². The third-order valence-electron chi connectivity index (χ3n) is 3.52. The van der Waals surface area contributed by atoms with Crippen LogP contribution in [0.25, 0.3) is 10.8 Å². The van der Waals surface area contributed by atoms with Crippen molar-refractivity contribution >= 4 is 22.6 Å². The molecule has 8 heteroatoms. The highest BCUT2D eigenvalue weighted by Crippen LogP contribution is 2.03. The van der Waals surface area contributed by atoms with Crippen molar-refractivity contribution in [3.8, 4) is 0 Å². The Morgan fingerprint density at radius 1 is 1.17 bits per heavy atom. The Morgan fingerprint density at radius 3 is 2.48 bits per heavy atom. The van der Waals surface area contributed by atoms with Gasteiger partial charge in [-0.3, -0.25) is 24.3 Å². The third-order valence-corrected chi connectivity index (χ3v) is 3.52. The van der Waals surface area contributed by atoms with Crippen LogP contribution >= 0.6 is 0 Å². The Hall–Kier alpha value is -2.90. The van der Waals surface area contributed by atoms with Crippen molar-refractivity contribution in [1.29, 1.82) is 0 Å². The molecule has 2 N–H and O–H groups in total. The van der Waals surface area contributed by atoms with Gasteiger partial charge in [0.1, 0.15) is 0 Å². The highest BCUT2D eigenvalue weighted by Gasteiger charge is 2.12. The molecule has 0 aliphatic rings. The number of carbonyl (C=O) groups excluding carboxylic acids is 1. The van der Waals surface area contributed by atoms with Crippen molar-refractivity contribution in [2.45, 2.75) is 19.4 Å². The molecule has 0 atom stereocenters. The van der Waals surface area contributed by atoms with Crippen LogP contribution in [0.4, 0.5) is 0 Å². The number of carboxylic acid groups (broad SMARTS) is 1. The summed E-state index contributed by atoms with van der Waals surface area (Å²) >= 11 is 0. The molecule has 2 rings (SSSR count). The number of nitrogens with one attached hydrogen (secondary N) is 1. The Morgan fingerprint density at radius 2 is 1.83 bits per heavy atom. The molecule has 0 aliphatic heterocycles. The molecule has 0 bridgehead atoms. The molecule has 1 heterocycles. The minimum Gasteiger partial charge on any atom is -0.481 e. The van der Waals surface area contributed by atoms with Crippen molar-refractivity contribution in [2.75, 3.05) is 13.6 Å². The van der Waals surface area contributed by atoms with E-state index in [9.17, 15) is 19.2 Å². The monoisotopic (exact) mass is 319 g/mol. The van der Waals surface area contributed by atoms with Gasteiger partial charge >= 0.3 is 5.97 Å². The number of H-pyrrole nitrogens is 1. The van der Waals surface area contributed by atoms with Crippen LogP contribution in [-0.4, -0.2) is 45.3 Å². The van der Waals surface area contributed by atoms with E-state index in [0.29, 0.717) is 10.8 Å². The molecule has 8 nitrogen and oxygen atoms in total. The number of aromatic amines is 1. The number of aliphatic carboxylic acids is 1. The zero-order valence-corrected chi connectivity index (χ0v) is 12.6. The van der Waals surface area contributed by atoms with Gasteiger partial charge in [-0.2, -0.15) is 0 Å². The SMILES string of the molecule is CN(CCC(=O)O)C(=O)CCn1[nH]c(=O)c2ccccc2c1=O. The summed E-state index contributed by atoms with van der Waals surface area (Å²) in [6.45, 7) is 0.118. The average Bonchev–Trinajstić information content (AvgIpc) is 2.54. The Balaban J connectivity index is 2.12. The van der Waals surface area contributed by atoms with Crippen LogP contribution in [0.1, 0.15) is 12.8 Å². The van der Waals surface area contributed by atoms with Crippen LogP contribution in [0, 0.1) is 0 Å². The van der Waals surface area contributed by atoms with Gasteiger partial charge in [0.2, 0.25) is 5.91 Å². The van der Waals surface area contributed by atoms with Gasteiger partial charge in [-0.05, 0) is 12.1 Å². The summed E-state index contributed by atoms with van der Waals surface area (Å²) in [7, 11) is 1.50. The van der Waals surface area contributed by atoms with Gasteiger partial charge in [-0.25, -0.2) is 4.68 Å². The number of carbonyl (C=O) groups is 2. The second-order valence-electron chi connectivity index (χ2n) is 5.15. The summed E-state index contributed by atoms with van der Waals surface area (Å²) in [5, 5.41) is 11.6. The Kier molecular flexibility index (Phi) is 4.95. The second kappa shape index (κ2) is 6.91. The normalized spacial score (nSPS) is 10.7. The molecule has 1 aromatic carbocycles. The lowest BCUT2D eigenvalue weighted by molar-refractivity contribution is -0.138. The van der Waals surface area contributed by atoms with E-state index in [1.807, 2.05) is 0 Å². The Labute approximate surface area is 130 Å². The van der Waals surface area contributed by atoms with Crippen molar-refractivity contribution in [3.63, 3.8) is 0 Å². The van der Waals surface area contributed by atoms with Gasteiger partial charge in [0, 0.05) is 20.0 Å². The van der Waals surface area contributed by atoms with E-state index in [1.54, 1.807) is 24.3 Å². The summed E-state index contributed by atoms with van der Waals surface area (Å²) in [5.74, 6) is -1.29. The minimum absolute atomic E-state index is 0.00962. The van der Waals surface area contributed by atoms with Gasteiger partial charge < -0.3 is 10.0 Å². The van der Waals surface area contributed by atoms with Crippen molar-refractivity contribution in [3.05, 3.63) is 45.0 Å². The van der Waals surface area contributed by atoms with Crippen molar-refractivity contribution in [2.24, 2.45) is 0 Å². The van der Waals surface area contributed by atoms with E-state index < -0.39 is 11.5 Å². The van der Waals surface area contributed by atoms with Crippen molar-refractivity contribution < 1.29 is 14.7 Å². The van der Waals surface area contributed by atoms with Crippen LogP contribution in [0.5, 0.6) is 0 Å². The van der Waals surface area contributed by atoms with Gasteiger partial charge in [0.15, 0.2) is 0 Å². The van der Waals surface area contributed by atoms with E-state index in [-0.39, 0.29) is 37.4 Å². The quantitative estimate of drug-likeness (QED) is 0.779. The number of nitrogens with zero attached hydrogens (tertiary/aromatic N) is 2. The minimum atomic E-state index is -0.986. The maximum absolute atomic E-state index is 12.3. The highest BCUT2D eigenvalue weighted by molar-refractivity contribution is 5.80. The molecule has 0 radical (unpaired) electrons. The molecule has 1 amide bonds. The number of benzene rings is 1. The molecule has 0 unspecified atom stereocenters. The topological polar surface area (TPSA) is 112 Å². The van der Waals surface area contributed by atoms with E-state index in [1.165, 1.54) is 11.9 Å². The van der Waals surface area contributed by atoms with Gasteiger partial charge in [-0.15, -0.1) is 0 Å². The molecular weight excluding hydrogens is 302 g/mol. The first-order chi connectivity index (χ1) is 10.9. The molecule has 2 aromatic rings. The molecule has 23 heavy (non-hydrogen) atoms. The maximum atomic E-state index is 12.3. The standard InChI is InChI=1S/C15H17N3O5/c1-17(8-7-13(20)21)12(19)6-9-18-15(23)11-5-3-2-4-10(11)14(22)16-18/h2-5H,6-9H2,1H3,(H,16,22)(H,20,21). The van der Waals surface area contributed by atoms with Gasteiger partial charge in [0.05, 0.1) is 23.7 Å². The largest absolute Gasteiger partial charge is 0.481 e. The third kappa shape index (κ3) is 3.85. The number of amides is 1. The van der Waals surface area contributed by atoms with Crippen LogP contribution in [0.15, 0.2) is 33.9 Å². The molecule has 0 spiro atoms. The van der Waals surface area contributed by atoms with Crippen LogP contribution < -0.4 is 11.1 Å². The first kappa shape index (κ1) is 16.5. The fourth-order valence-corrected chi connectivity index (χ4v) is 2.19. The molecule has 122 valence electrons. The number of carboxylic acids is 1. The Bertz CT molecular complexity index is 852. The number of rotatable bonds is 6. The maximum Gasteiger partial charge on any atom is 0.305 e.